The molecular weight excluding hydrogens is 419 g/mol. The highest BCUT2D eigenvalue weighted by Crippen LogP contribution is 2.23. The van der Waals surface area contributed by atoms with E-state index in [1.807, 2.05) is 6.26 Å². The number of thioether (sulfide) groups is 1. The molecule has 0 amide bonds. The second-order valence-electron chi connectivity index (χ2n) is 6.13. The molecule has 154 valence electrons. The molecule has 1 aromatic carbocycles. The predicted octanol–water partition coefficient (Wildman–Crippen LogP) is 2.87. The van der Waals surface area contributed by atoms with E-state index >= 15 is 0 Å². The number of nitrogens with zero attached hydrogens (tertiary/aromatic N) is 2. The first-order valence-corrected chi connectivity index (χ1v) is 12.1. The third-order valence-corrected chi connectivity index (χ3v) is 7.91. The van der Waals surface area contributed by atoms with Crippen LogP contribution in [-0.2, 0) is 28.9 Å². The van der Waals surface area contributed by atoms with Crippen LogP contribution in [0.4, 0.5) is 4.39 Å². The van der Waals surface area contributed by atoms with Crippen molar-refractivity contribution in [1.29, 1.82) is 0 Å². The number of rotatable bonds is 8. The van der Waals surface area contributed by atoms with Gasteiger partial charge in [-0.3, -0.25) is 4.99 Å². The van der Waals surface area contributed by atoms with Crippen LogP contribution in [0.2, 0.25) is 0 Å². The Morgan fingerprint density at radius 2 is 1.89 bits per heavy atom. The van der Waals surface area contributed by atoms with Crippen LogP contribution in [-0.4, -0.2) is 46.1 Å². The van der Waals surface area contributed by atoms with Gasteiger partial charge in [0.05, 0.1) is 6.54 Å². The highest BCUT2D eigenvalue weighted by atomic mass is 32.2. The number of hydrogen-bond acceptors (Lipinski definition) is 5. The van der Waals surface area contributed by atoms with E-state index in [9.17, 15) is 12.8 Å². The Balaban J connectivity index is 1.97. The molecular formula is C18H25FN4O2S3. The van der Waals surface area contributed by atoms with Gasteiger partial charge in [-0.25, -0.2) is 17.1 Å². The first kappa shape index (κ1) is 22.7. The molecule has 0 radical (unpaired) electrons. The summed E-state index contributed by atoms with van der Waals surface area (Å²) >= 11 is 2.87. The zero-order chi connectivity index (χ0) is 20.7. The number of sulfonamides is 1. The maximum atomic E-state index is 13.5. The van der Waals surface area contributed by atoms with Gasteiger partial charge in [0, 0.05) is 38.3 Å². The van der Waals surface area contributed by atoms with Gasteiger partial charge in [-0.15, -0.1) is 11.3 Å². The first-order chi connectivity index (χ1) is 13.3. The summed E-state index contributed by atoms with van der Waals surface area (Å²) in [6, 6.07) is 8.19. The molecule has 10 heteroatoms. The van der Waals surface area contributed by atoms with Crippen molar-refractivity contribution in [3.8, 4) is 0 Å². The Hall–Kier alpha value is -1.62. The molecule has 2 aromatic rings. The van der Waals surface area contributed by atoms with E-state index in [2.05, 4.69) is 15.6 Å². The molecule has 0 aliphatic heterocycles. The molecule has 6 nitrogen and oxygen atoms in total. The summed E-state index contributed by atoms with van der Waals surface area (Å²) in [4.78, 5) is 5.07. The van der Waals surface area contributed by atoms with Crippen LogP contribution < -0.4 is 10.6 Å². The quantitative estimate of drug-likeness (QED) is 0.484. The van der Waals surface area contributed by atoms with Crippen molar-refractivity contribution in [3.05, 3.63) is 52.2 Å². The smallest absolute Gasteiger partial charge is 0.252 e. The maximum Gasteiger partial charge on any atom is 0.252 e. The van der Waals surface area contributed by atoms with Gasteiger partial charge in [0.1, 0.15) is 10.0 Å². The van der Waals surface area contributed by atoms with E-state index in [4.69, 9.17) is 0 Å². The first-order valence-electron chi connectivity index (χ1n) is 8.50. The van der Waals surface area contributed by atoms with Crippen molar-refractivity contribution < 1.29 is 12.8 Å². The van der Waals surface area contributed by atoms with E-state index in [0.717, 1.165) is 21.8 Å². The van der Waals surface area contributed by atoms with Crippen molar-refractivity contribution in [1.82, 2.24) is 14.9 Å². The van der Waals surface area contributed by atoms with Crippen LogP contribution >= 0.6 is 23.1 Å². The largest absolute Gasteiger partial charge is 0.352 e. The lowest BCUT2D eigenvalue weighted by Crippen LogP contribution is -2.36. The van der Waals surface area contributed by atoms with Gasteiger partial charge in [-0.2, -0.15) is 11.8 Å². The molecule has 2 rings (SSSR count). The molecule has 0 aliphatic rings. The van der Waals surface area contributed by atoms with Crippen LogP contribution in [0, 0.1) is 5.82 Å². The second kappa shape index (κ2) is 10.2. The third kappa shape index (κ3) is 5.94. The summed E-state index contributed by atoms with van der Waals surface area (Å²) in [5.41, 5.74) is 1.96. The average Bonchev–Trinajstić information content (AvgIpc) is 3.13. The summed E-state index contributed by atoms with van der Waals surface area (Å²) < 4.78 is 39.3. The van der Waals surface area contributed by atoms with E-state index in [1.54, 1.807) is 43.1 Å². The van der Waals surface area contributed by atoms with Crippen molar-refractivity contribution in [2.75, 3.05) is 27.4 Å². The van der Waals surface area contributed by atoms with Crippen LogP contribution in [0.15, 0.2) is 39.5 Å². The lowest BCUT2D eigenvalue weighted by molar-refractivity contribution is 0.523. The lowest BCUT2D eigenvalue weighted by atomic mass is 10.1. The van der Waals surface area contributed by atoms with Gasteiger partial charge in [0.15, 0.2) is 5.96 Å². The molecule has 0 saturated carbocycles. The number of aliphatic imine (C=N–C) groups is 1. The molecule has 0 aliphatic carbocycles. The fraction of sp³-hybridized carbons (Fsp3) is 0.389. The monoisotopic (exact) mass is 444 g/mol. The summed E-state index contributed by atoms with van der Waals surface area (Å²) in [7, 11) is 1.28. The minimum Gasteiger partial charge on any atom is -0.352 e. The van der Waals surface area contributed by atoms with E-state index < -0.39 is 10.0 Å². The molecule has 0 bridgehead atoms. The third-order valence-electron chi connectivity index (χ3n) is 3.94. The fourth-order valence-corrected chi connectivity index (χ4v) is 5.44. The molecule has 0 unspecified atom stereocenters. The number of guanidine groups is 1. The predicted molar refractivity (Wildman–Crippen MR) is 116 cm³/mol. The topological polar surface area (TPSA) is 73.8 Å². The second-order valence-corrected chi connectivity index (χ2v) is 10.5. The minimum atomic E-state index is -3.41. The Labute approximate surface area is 174 Å². The summed E-state index contributed by atoms with van der Waals surface area (Å²) in [5.74, 6) is 1.08. The normalized spacial score (nSPS) is 12.4. The molecule has 28 heavy (non-hydrogen) atoms. The van der Waals surface area contributed by atoms with Gasteiger partial charge in [-0.1, -0.05) is 6.07 Å². The molecule has 0 atom stereocenters. The SMILES string of the molecule is CN=C(NCc1ccc(S(=O)(=O)N(C)C)s1)NCc1ccc(F)cc1CSC. The molecule has 2 N–H and O–H groups in total. The van der Waals surface area contributed by atoms with E-state index in [1.165, 1.54) is 35.8 Å². The average molecular weight is 445 g/mol. The highest BCUT2D eigenvalue weighted by molar-refractivity contribution is 7.97. The van der Waals surface area contributed by atoms with Crippen LogP contribution in [0.3, 0.4) is 0 Å². The van der Waals surface area contributed by atoms with Crippen molar-refractivity contribution >= 4 is 39.1 Å². The van der Waals surface area contributed by atoms with Crippen molar-refractivity contribution in [2.45, 2.75) is 23.1 Å². The van der Waals surface area contributed by atoms with Gasteiger partial charge >= 0.3 is 0 Å². The summed E-state index contributed by atoms with van der Waals surface area (Å²) in [5, 5.41) is 6.39. The molecule has 0 fully saturated rings. The Morgan fingerprint density at radius 3 is 2.54 bits per heavy atom. The van der Waals surface area contributed by atoms with Crippen LogP contribution in [0.1, 0.15) is 16.0 Å². The van der Waals surface area contributed by atoms with Gasteiger partial charge < -0.3 is 10.6 Å². The zero-order valence-electron chi connectivity index (χ0n) is 16.3. The molecule has 0 saturated heterocycles. The molecule has 1 aromatic heterocycles. The van der Waals surface area contributed by atoms with Crippen LogP contribution in [0.25, 0.3) is 0 Å². The highest BCUT2D eigenvalue weighted by Gasteiger charge is 2.19. The van der Waals surface area contributed by atoms with Crippen molar-refractivity contribution in [3.63, 3.8) is 0 Å². The summed E-state index contributed by atoms with van der Waals surface area (Å²) in [6.07, 6.45) is 1.98. The number of thiophene rings is 1. The van der Waals surface area contributed by atoms with E-state index in [-0.39, 0.29) is 5.82 Å². The standard InChI is InChI=1S/C18H25FN4O2S3/c1-20-18(21-10-13-5-6-15(19)9-14(13)12-26-4)22-11-16-7-8-17(27-16)28(24,25)23(2)3/h5-9H,10-12H2,1-4H3,(H2,20,21,22). The van der Waals surface area contributed by atoms with Gasteiger partial charge in [-0.05, 0) is 41.6 Å². The fourth-order valence-electron chi connectivity index (χ4n) is 2.40. The Morgan fingerprint density at radius 1 is 1.18 bits per heavy atom. The van der Waals surface area contributed by atoms with Gasteiger partial charge in [0.25, 0.3) is 10.0 Å². The van der Waals surface area contributed by atoms with Crippen LogP contribution in [0.5, 0.6) is 0 Å². The number of hydrogen-bond donors (Lipinski definition) is 2. The lowest BCUT2D eigenvalue weighted by Gasteiger charge is -2.14. The minimum absolute atomic E-state index is 0.239. The Kier molecular flexibility index (Phi) is 8.29. The zero-order valence-corrected chi connectivity index (χ0v) is 18.8. The summed E-state index contributed by atoms with van der Waals surface area (Å²) in [6.45, 7) is 0.967. The Bertz CT molecular complexity index is 927. The number of halogens is 1. The van der Waals surface area contributed by atoms with Gasteiger partial charge in [0.2, 0.25) is 0 Å². The van der Waals surface area contributed by atoms with E-state index in [0.29, 0.717) is 23.3 Å². The maximum absolute atomic E-state index is 13.5. The molecule has 1 heterocycles. The molecule has 0 spiro atoms. The number of benzene rings is 1. The number of nitrogens with one attached hydrogen (secondary N) is 2. The van der Waals surface area contributed by atoms with Crippen molar-refractivity contribution in [2.24, 2.45) is 4.99 Å².